The van der Waals surface area contributed by atoms with Crippen LogP contribution in [0.25, 0.3) is 0 Å². The third-order valence-corrected chi connectivity index (χ3v) is 7.45. The number of nitrogens with two attached hydrogens (primary N) is 1. The van der Waals surface area contributed by atoms with E-state index in [0.29, 0.717) is 18.6 Å². The average Bonchev–Trinajstić information content (AvgIpc) is 2.94. The summed E-state index contributed by atoms with van der Waals surface area (Å²) < 4.78 is 15.9. The van der Waals surface area contributed by atoms with Crippen LogP contribution in [0.2, 0.25) is 0 Å². The molecule has 0 bridgehead atoms. The zero-order valence-electron chi connectivity index (χ0n) is 25.1. The quantitative estimate of drug-likeness (QED) is 0.0751. The number of esters is 2. The van der Waals surface area contributed by atoms with E-state index in [1.807, 2.05) is 0 Å². The molecule has 0 aromatic rings. The first-order chi connectivity index (χ1) is 19.9. The average molecular weight is 714 g/mol. The number of hydrogen-bond acceptors (Lipinski definition) is 12. The van der Waals surface area contributed by atoms with Crippen molar-refractivity contribution in [2.75, 3.05) is 37.9 Å². The van der Waals surface area contributed by atoms with Crippen molar-refractivity contribution in [2.45, 2.75) is 136 Å². The molecule has 48 heavy (non-hydrogen) atoms. The summed E-state index contributed by atoms with van der Waals surface area (Å²) in [5, 5.41) is 9.76. The molecule has 0 heterocycles. The molecule has 0 aromatic carbocycles. The molecule has 0 spiro atoms. The fraction of sp³-hybridized carbons (Fsp3) is 0.800. The largest absolute Gasteiger partial charge is 0.466 e. The molecule has 0 saturated carbocycles. The second kappa shape index (κ2) is 37.2. The second-order valence-electron chi connectivity index (χ2n) is 9.96. The molecule has 0 aliphatic heterocycles. The van der Waals surface area contributed by atoms with Gasteiger partial charge in [-0.25, -0.2) is 0 Å². The molecule has 13 heteroatoms. The van der Waals surface area contributed by atoms with Crippen molar-refractivity contribution in [1.82, 2.24) is 0 Å². The molecule has 0 rings (SSSR count). The Morgan fingerprint density at radius 3 is 1.83 bits per heavy atom. The van der Waals surface area contributed by atoms with Gasteiger partial charge in [0.25, 0.3) is 0 Å². The standard InChI is InChI=1S/C29H47NO11S.6CH4/c1-4-28(37)40-14-11-24(41-29(38)5-2)19-42-18-22(15-20(3)32)26(35)16-21(17-31)25(34)7-6-12-39-13-10-23(33)8-9-27(30)36;;;;;;/h21-22,24,31H,4-19H2,1-3H3,(H2,30,36);6*1H4. The van der Waals surface area contributed by atoms with Crippen LogP contribution >= 0.6 is 11.8 Å². The Labute approximate surface area is 296 Å². The Balaban J connectivity index is -0.000000560. The number of aliphatic hydroxyl groups is 1. The molecular weight excluding hydrogens is 642 g/mol. The van der Waals surface area contributed by atoms with Gasteiger partial charge in [-0.05, 0) is 13.3 Å². The molecule has 0 saturated heterocycles. The van der Waals surface area contributed by atoms with Crippen molar-refractivity contribution >= 4 is 52.7 Å². The molecular formula is C35H71NO11S. The van der Waals surface area contributed by atoms with Gasteiger partial charge in [-0.2, -0.15) is 11.8 Å². The summed E-state index contributed by atoms with van der Waals surface area (Å²) in [6.07, 6.45) is 0.571. The lowest BCUT2D eigenvalue weighted by Gasteiger charge is -2.20. The van der Waals surface area contributed by atoms with Crippen LogP contribution in [0.5, 0.6) is 0 Å². The molecule has 1 amide bonds. The summed E-state index contributed by atoms with van der Waals surface area (Å²) in [6, 6.07) is 0. The first kappa shape index (κ1) is 60.7. The zero-order chi connectivity index (χ0) is 31.9. The molecule has 0 aromatic heterocycles. The highest BCUT2D eigenvalue weighted by atomic mass is 32.2. The molecule has 3 unspecified atom stereocenters. The van der Waals surface area contributed by atoms with Crippen molar-refractivity contribution in [1.29, 1.82) is 0 Å². The van der Waals surface area contributed by atoms with Crippen LogP contribution in [0.3, 0.4) is 0 Å². The minimum atomic E-state index is -0.904. The number of amides is 1. The zero-order valence-corrected chi connectivity index (χ0v) is 25.9. The molecule has 3 atom stereocenters. The Bertz CT molecular complexity index is 896. The van der Waals surface area contributed by atoms with E-state index in [2.05, 4.69) is 0 Å². The van der Waals surface area contributed by atoms with Gasteiger partial charge in [0.2, 0.25) is 5.91 Å². The van der Waals surface area contributed by atoms with E-state index in [4.69, 9.17) is 19.9 Å². The third kappa shape index (κ3) is 31.9. The fourth-order valence-electron chi connectivity index (χ4n) is 3.72. The summed E-state index contributed by atoms with van der Waals surface area (Å²) in [6.45, 7) is 4.66. The van der Waals surface area contributed by atoms with E-state index in [1.165, 1.54) is 18.7 Å². The van der Waals surface area contributed by atoms with E-state index in [0.717, 1.165) is 0 Å². The van der Waals surface area contributed by atoms with E-state index in [9.17, 15) is 38.7 Å². The van der Waals surface area contributed by atoms with Gasteiger partial charge < -0.3 is 29.8 Å². The number of aliphatic hydroxyl groups excluding tert-OH is 1. The van der Waals surface area contributed by atoms with Gasteiger partial charge in [0.05, 0.1) is 19.8 Å². The smallest absolute Gasteiger partial charge is 0.305 e. The molecule has 0 aliphatic rings. The van der Waals surface area contributed by atoms with E-state index in [-0.39, 0.29) is 151 Å². The van der Waals surface area contributed by atoms with Gasteiger partial charge in [0.1, 0.15) is 29.2 Å². The lowest BCUT2D eigenvalue weighted by Crippen LogP contribution is -2.28. The van der Waals surface area contributed by atoms with Crippen molar-refractivity contribution in [3.05, 3.63) is 0 Å². The third-order valence-electron chi connectivity index (χ3n) is 6.20. The number of carbonyl (C=O) groups is 7. The van der Waals surface area contributed by atoms with Crippen molar-refractivity contribution < 1.29 is 52.9 Å². The fourth-order valence-corrected chi connectivity index (χ4v) is 4.95. The van der Waals surface area contributed by atoms with E-state index >= 15 is 0 Å². The Hall–Kier alpha value is -2.64. The monoisotopic (exact) mass is 713 g/mol. The van der Waals surface area contributed by atoms with Crippen molar-refractivity contribution in [3.8, 4) is 0 Å². The summed E-state index contributed by atoms with van der Waals surface area (Å²) >= 11 is 1.33. The lowest BCUT2D eigenvalue weighted by atomic mass is 9.89. The molecule has 0 fully saturated rings. The lowest BCUT2D eigenvalue weighted by molar-refractivity contribution is -0.150. The van der Waals surface area contributed by atoms with Gasteiger partial charge in [-0.3, -0.25) is 28.8 Å². The maximum atomic E-state index is 13.0. The molecule has 3 N–H and O–H groups in total. The van der Waals surface area contributed by atoms with Gasteiger partial charge in [0.15, 0.2) is 0 Å². The van der Waals surface area contributed by atoms with Crippen LogP contribution in [-0.4, -0.2) is 90.1 Å². The van der Waals surface area contributed by atoms with Crippen LogP contribution in [0.15, 0.2) is 0 Å². The summed E-state index contributed by atoms with van der Waals surface area (Å²) in [5.74, 6) is -3.24. The van der Waals surface area contributed by atoms with Crippen molar-refractivity contribution in [3.63, 3.8) is 0 Å². The number of hydrogen-bond donors (Lipinski definition) is 2. The number of rotatable bonds is 27. The highest BCUT2D eigenvalue weighted by molar-refractivity contribution is 7.99. The van der Waals surface area contributed by atoms with E-state index < -0.39 is 36.4 Å². The highest BCUT2D eigenvalue weighted by Gasteiger charge is 2.27. The number of ether oxygens (including phenoxy) is 3. The minimum absolute atomic E-state index is 0. The topological polar surface area (TPSA) is 193 Å². The summed E-state index contributed by atoms with van der Waals surface area (Å²) in [7, 11) is 0. The van der Waals surface area contributed by atoms with E-state index in [1.54, 1.807) is 13.8 Å². The number of Topliss-reactive ketones (excluding diaryl/α,β-unsaturated/α-hetero) is 4. The van der Waals surface area contributed by atoms with Crippen LogP contribution in [0.1, 0.15) is 130 Å². The molecule has 0 aliphatic carbocycles. The second-order valence-corrected chi connectivity index (χ2v) is 11.0. The predicted molar refractivity (Wildman–Crippen MR) is 196 cm³/mol. The minimum Gasteiger partial charge on any atom is -0.466 e. The molecule has 12 nitrogen and oxygen atoms in total. The SMILES string of the molecule is C.C.C.C.C.C.CCC(=O)OCCC(CSCC(CC(C)=O)C(=O)CC(CO)C(=O)CCCOCCC(=O)CCC(N)=O)OC(=O)CC. The number of ketones is 4. The normalized spacial score (nSPS) is 11.4. The van der Waals surface area contributed by atoms with Crippen LogP contribution in [0.4, 0.5) is 0 Å². The van der Waals surface area contributed by atoms with Crippen LogP contribution in [0, 0.1) is 11.8 Å². The molecule has 0 radical (unpaired) electrons. The Morgan fingerprint density at radius 2 is 1.31 bits per heavy atom. The number of carbonyl (C=O) groups excluding carboxylic acids is 7. The summed E-state index contributed by atoms with van der Waals surface area (Å²) in [5.41, 5.74) is 5.01. The van der Waals surface area contributed by atoms with Gasteiger partial charge in [-0.15, -0.1) is 0 Å². The van der Waals surface area contributed by atoms with Crippen LogP contribution in [-0.2, 0) is 47.8 Å². The first-order valence-corrected chi connectivity index (χ1v) is 15.5. The van der Waals surface area contributed by atoms with Crippen LogP contribution < -0.4 is 5.73 Å². The first-order valence-electron chi connectivity index (χ1n) is 14.4. The predicted octanol–water partition coefficient (Wildman–Crippen LogP) is 5.95. The number of thioether (sulfide) groups is 1. The molecule has 288 valence electrons. The Morgan fingerprint density at radius 1 is 0.708 bits per heavy atom. The van der Waals surface area contributed by atoms with Crippen molar-refractivity contribution in [2.24, 2.45) is 17.6 Å². The summed E-state index contributed by atoms with van der Waals surface area (Å²) in [4.78, 5) is 83.1. The number of primary amides is 1. The maximum absolute atomic E-state index is 13.0. The Kier molecular flexibility index (Phi) is 47.0. The van der Waals surface area contributed by atoms with Gasteiger partial charge >= 0.3 is 11.9 Å². The van der Waals surface area contributed by atoms with Gasteiger partial charge in [0, 0.05) is 87.7 Å². The van der Waals surface area contributed by atoms with Gasteiger partial charge in [-0.1, -0.05) is 58.4 Å². The maximum Gasteiger partial charge on any atom is 0.305 e. The highest BCUT2D eigenvalue weighted by Crippen LogP contribution is 2.21.